The first-order valence-electron chi connectivity index (χ1n) is 9.46. The second-order valence-electron chi connectivity index (χ2n) is 7.60. The van der Waals surface area contributed by atoms with E-state index in [9.17, 15) is 18.4 Å². The van der Waals surface area contributed by atoms with Gasteiger partial charge in [0.2, 0.25) is 5.91 Å². The van der Waals surface area contributed by atoms with E-state index in [1.807, 2.05) is 6.07 Å². The third-order valence-corrected chi connectivity index (χ3v) is 5.69. The number of aromatic amines is 1. The fraction of sp³-hybridized carbons (Fsp3) is 0.273. The number of hydrogen-bond donors (Lipinski definition) is 2. The van der Waals surface area contributed by atoms with E-state index < -0.39 is 28.7 Å². The van der Waals surface area contributed by atoms with Crippen molar-refractivity contribution in [2.24, 2.45) is 0 Å². The van der Waals surface area contributed by atoms with Crippen LogP contribution in [0.4, 0.5) is 8.78 Å². The Labute approximate surface area is 170 Å². The molecule has 1 aliphatic rings. The summed E-state index contributed by atoms with van der Waals surface area (Å²) in [6.07, 6.45) is 2.28. The Hall–Kier alpha value is -3.60. The third kappa shape index (κ3) is 3.03. The van der Waals surface area contributed by atoms with Crippen molar-refractivity contribution in [3.63, 3.8) is 0 Å². The first-order chi connectivity index (χ1) is 14.3. The summed E-state index contributed by atoms with van der Waals surface area (Å²) in [5, 5.41) is 11.7. The molecular formula is C22H18F2N4O2. The molecule has 0 bridgehead atoms. The van der Waals surface area contributed by atoms with E-state index in [-0.39, 0.29) is 27.9 Å². The van der Waals surface area contributed by atoms with E-state index in [1.54, 1.807) is 19.1 Å². The Bertz CT molecular complexity index is 1270. The van der Waals surface area contributed by atoms with Gasteiger partial charge in [0.15, 0.2) is 11.6 Å². The molecule has 1 fully saturated rings. The van der Waals surface area contributed by atoms with Crippen LogP contribution in [-0.4, -0.2) is 15.9 Å². The smallest absolute Gasteiger partial charge is 0.252 e. The molecule has 1 amide bonds. The van der Waals surface area contributed by atoms with Gasteiger partial charge in [-0.15, -0.1) is 0 Å². The van der Waals surface area contributed by atoms with Gasteiger partial charge < -0.3 is 10.3 Å². The van der Waals surface area contributed by atoms with Gasteiger partial charge in [-0.2, -0.15) is 5.26 Å². The average molecular weight is 408 g/mol. The molecular weight excluding hydrogens is 390 g/mol. The van der Waals surface area contributed by atoms with E-state index in [2.05, 4.69) is 15.3 Å². The molecule has 4 rings (SSSR count). The molecule has 0 spiro atoms. The number of nitrogens with one attached hydrogen (secondary N) is 2. The van der Waals surface area contributed by atoms with Gasteiger partial charge in [-0.05, 0) is 56.5 Å². The number of aromatic nitrogens is 2. The third-order valence-electron chi connectivity index (χ3n) is 5.69. The van der Waals surface area contributed by atoms with Gasteiger partial charge in [0.05, 0.1) is 28.2 Å². The van der Waals surface area contributed by atoms with E-state index >= 15 is 0 Å². The minimum atomic E-state index is -1.09. The molecule has 3 aromatic rings. The van der Waals surface area contributed by atoms with Crippen LogP contribution < -0.4 is 10.9 Å². The van der Waals surface area contributed by atoms with Crippen LogP contribution in [0.5, 0.6) is 0 Å². The number of benzene rings is 1. The molecule has 30 heavy (non-hydrogen) atoms. The van der Waals surface area contributed by atoms with Crippen LogP contribution >= 0.6 is 0 Å². The predicted octanol–water partition coefficient (Wildman–Crippen LogP) is 3.29. The highest BCUT2D eigenvalue weighted by Gasteiger charge is 2.54. The van der Waals surface area contributed by atoms with Crippen LogP contribution in [0.25, 0.3) is 10.9 Å². The van der Waals surface area contributed by atoms with Crippen LogP contribution in [0, 0.1) is 29.9 Å². The topological polar surface area (TPSA) is 98.6 Å². The van der Waals surface area contributed by atoms with Gasteiger partial charge in [0.25, 0.3) is 5.56 Å². The molecule has 2 N–H and O–H groups in total. The largest absolute Gasteiger partial charge is 0.347 e. The SMILES string of the molecule is Cc1c(C2(C(=O)N[C@@H](C)c3ccc(C#N)cn3)CC2)c(=O)[nH]c2ccc(F)c(F)c12. The van der Waals surface area contributed by atoms with Crippen LogP contribution in [-0.2, 0) is 10.2 Å². The summed E-state index contributed by atoms with van der Waals surface area (Å²) in [4.78, 5) is 32.6. The Morgan fingerprint density at radius 1 is 1.30 bits per heavy atom. The maximum absolute atomic E-state index is 14.4. The van der Waals surface area contributed by atoms with Crippen LogP contribution in [0.2, 0.25) is 0 Å². The molecule has 0 radical (unpaired) electrons. The van der Waals surface area contributed by atoms with Crippen molar-refractivity contribution in [3.8, 4) is 6.07 Å². The Morgan fingerprint density at radius 3 is 2.63 bits per heavy atom. The number of pyridine rings is 2. The quantitative estimate of drug-likeness (QED) is 0.692. The van der Waals surface area contributed by atoms with Crippen LogP contribution in [0.3, 0.4) is 0 Å². The zero-order chi connectivity index (χ0) is 21.6. The minimum absolute atomic E-state index is 0.0227. The number of aryl methyl sites for hydroxylation is 1. The summed E-state index contributed by atoms with van der Waals surface area (Å²) >= 11 is 0. The molecule has 1 saturated carbocycles. The molecule has 2 heterocycles. The van der Waals surface area contributed by atoms with Crippen LogP contribution in [0.15, 0.2) is 35.3 Å². The van der Waals surface area contributed by atoms with Crippen molar-refractivity contribution in [2.75, 3.05) is 0 Å². The molecule has 2 aromatic heterocycles. The summed E-state index contributed by atoms with van der Waals surface area (Å²) in [6, 6.07) is 7.04. The zero-order valence-corrected chi connectivity index (χ0v) is 16.3. The second kappa shape index (κ2) is 7.02. The summed E-state index contributed by atoms with van der Waals surface area (Å²) in [5.74, 6) is -2.43. The van der Waals surface area contributed by atoms with Crippen molar-refractivity contribution >= 4 is 16.8 Å². The van der Waals surface area contributed by atoms with E-state index in [0.717, 1.165) is 6.07 Å². The highest BCUT2D eigenvalue weighted by molar-refractivity contribution is 5.94. The van der Waals surface area contributed by atoms with E-state index in [1.165, 1.54) is 19.2 Å². The molecule has 152 valence electrons. The van der Waals surface area contributed by atoms with Gasteiger partial charge >= 0.3 is 0 Å². The highest BCUT2D eigenvalue weighted by atomic mass is 19.2. The highest BCUT2D eigenvalue weighted by Crippen LogP contribution is 2.49. The Morgan fingerprint density at radius 2 is 2.03 bits per heavy atom. The molecule has 8 heteroatoms. The van der Waals surface area contributed by atoms with Gasteiger partial charge in [-0.3, -0.25) is 14.6 Å². The molecule has 1 aliphatic carbocycles. The van der Waals surface area contributed by atoms with Crippen molar-refractivity contribution in [1.82, 2.24) is 15.3 Å². The molecule has 1 aromatic carbocycles. The maximum atomic E-state index is 14.4. The predicted molar refractivity (Wildman–Crippen MR) is 106 cm³/mol. The van der Waals surface area contributed by atoms with Crippen LogP contribution in [0.1, 0.15) is 48.2 Å². The van der Waals surface area contributed by atoms with Crippen molar-refractivity contribution in [2.45, 2.75) is 38.1 Å². The summed E-state index contributed by atoms with van der Waals surface area (Å²) in [6.45, 7) is 3.28. The summed E-state index contributed by atoms with van der Waals surface area (Å²) < 4.78 is 28.2. The average Bonchev–Trinajstić information content (AvgIpc) is 3.52. The lowest BCUT2D eigenvalue weighted by molar-refractivity contribution is -0.124. The van der Waals surface area contributed by atoms with E-state index in [4.69, 9.17) is 5.26 Å². The number of hydrogen-bond acceptors (Lipinski definition) is 4. The number of carbonyl (C=O) groups is 1. The standard InChI is InChI=1S/C22H18F2N4O2/c1-11-17-16(6-4-14(23)19(17)24)28-20(29)18(11)22(7-8-22)21(30)27-12(2)15-5-3-13(9-25)10-26-15/h3-6,10,12H,7-8H2,1-2H3,(H,27,30)(H,28,29)/t12-/m0/s1. The van der Waals surface area contributed by atoms with Crippen molar-refractivity contribution in [3.05, 3.63) is 74.8 Å². The first kappa shape index (κ1) is 19.7. The fourth-order valence-corrected chi connectivity index (χ4v) is 3.93. The number of carbonyl (C=O) groups excluding carboxylic acids is 1. The van der Waals surface area contributed by atoms with Gasteiger partial charge in [0.1, 0.15) is 6.07 Å². The molecule has 6 nitrogen and oxygen atoms in total. The number of nitriles is 1. The van der Waals surface area contributed by atoms with Gasteiger partial charge in [0, 0.05) is 17.1 Å². The zero-order valence-electron chi connectivity index (χ0n) is 16.3. The van der Waals surface area contributed by atoms with Gasteiger partial charge in [-0.25, -0.2) is 8.78 Å². The monoisotopic (exact) mass is 408 g/mol. The number of H-pyrrole nitrogens is 1. The lowest BCUT2D eigenvalue weighted by Gasteiger charge is -2.21. The second-order valence-corrected chi connectivity index (χ2v) is 7.60. The number of nitrogens with zero attached hydrogens (tertiary/aromatic N) is 2. The summed E-state index contributed by atoms with van der Waals surface area (Å²) in [5.41, 5.74) is 0.0126. The normalized spacial score (nSPS) is 15.4. The van der Waals surface area contributed by atoms with Crippen molar-refractivity contribution in [1.29, 1.82) is 5.26 Å². The Balaban J connectivity index is 1.71. The summed E-state index contributed by atoms with van der Waals surface area (Å²) in [7, 11) is 0. The Kier molecular flexibility index (Phi) is 4.61. The number of amides is 1. The molecule has 1 atom stereocenters. The van der Waals surface area contributed by atoms with Crippen molar-refractivity contribution < 1.29 is 13.6 Å². The lowest BCUT2D eigenvalue weighted by atomic mass is 9.89. The fourth-order valence-electron chi connectivity index (χ4n) is 3.93. The molecule has 0 unspecified atom stereocenters. The van der Waals surface area contributed by atoms with Gasteiger partial charge in [-0.1, -0.05) is 0 Å². The van der Waals surface area contributed by atoms with E-state index in [0.29, 0.717) is 24.1 Å². The molecule has 0 aliphatic heterocycles. The lowest BCUT2D eigenvalue weighted by Crippen LogP contribution is -2.40. The maximum Gasteiger partial charge on any atom is 0.252 e. The number of rotatable bonds is 4. The first-order valence-corrected chi connectivity index (χ1v) is 9.46. The number of halogens is 2. The number of fused-ring (bicyclic) bond motifs is 1. The molecule has 0 saturated heterocycles. The minimum Gasteiger partial charge on any atom is -0.347 e.